The number of aromatic nitrogens is 8. The second-order valence-electron chi connectivity index (χ2n) is 23.7. The standard InChI is InChI=1S/C14H18N2O3S.C13H16N2O6S2.C13H16N2O3S.C11H17N2O3.C8H14N2O3S.6CH4/c1-11(2)12-4-5-13(14(8-12)20(17,18)19)9-16-7-6-15(3)10-16;1-9(2)10-6-11(22(16,17)18)13(12(7-10)23(19,20)21)15-5-4-14(3)8-15;1-10(2)11-4-5-12(13(8-11)19(16,17)18)15-7-6-14(3)9-15;1-9(2)12-4-5-13(8-12,6-10(3)14)7-11(15)16;1-7(2)8(14(11,12)13)10-5-4-9(3)6-10;;;;;;/h4-8,10-11H,9H2,1-3H3;4-9H,1-3H3,(H-,16,17,18,19,20,21);4-10H,1-3H3;4-5,8-9H,6-7H2,1-3H3;4-8H,1-3H3;6*1H4/q;;;+1;;;;;;;/p+5. The molecule has 0 aliphatic carbocycles. The summed E-state index contributed by atoms with van der Waals surface area (Å²) in [6.45, 7) is 20.8. The molecule has 0 amide bonds. The van der Waals surface area contributed by atoms with E-state index in [1.165, 1.54) is 46.8 Å². The fourth-order valence-corrected chi connectivity index (χ4v) is 13.5. The molecule has 2 unspecified atom stereocenters. The van der Waals surface area contributed by atoms with Gasteiger partial charge < -0.3 is 5.11 Å². The molecule has 0 saturated heterocycles. The van der Waals surface area contributed by atoms with Gasteiger partial charge in [-0.3, -0.25) is 27.6 Å². The van der Waals surface area contributed by atoms with E-state index in [1.807, 2.05) is 106 Å². The minimum atomic E-state index is -4.72. The Morgan fingerprint density at radius 3 is 1.26 bits per heavy atom. The Balaban J connectivity index is -0.00000114. The number of quaternary nitrogens is 1. The molecule has 4 aromatic heterocycles. The number of aryl methyl sites for hydroxylation is 4. The second-order valence-corrected chi connectivity index (χ2v) is 30.8. The first-order valence-corrected chi connectivity index (χ1v) is 35.7. The van der Waals surface area contributed by atoms with Crippen LogP contribution in [0.25, 0.3) is 11.4 Å². The number of nitrogens with zero attached hydrogens (tertiary/aromatic N) is 10. The molecule has 33 heteroatoms. The van der Waals surface area contributed by atoms with Crippen molar-refractivity contribution in [3.8, 4) is 11.4 Å². The molecule has 0 saturated carbocycles. The van der Waals surface area contributed by atoms with Gasteiger partial charge in [0.05, 0.1) is 28.2 Å². The summed E-state index contributed by atoms with van der Waals surface area (Å²) in [5.74, 6) is -0.937. The topological polar surface area (TPSA) is 364 Å². The van der Waals surface area contributed by atoms with Crippen molar-refractivity contribution in [3.05, 3.63) is 158 Å². The number of carboxylic acids is 1. The van der Waals surface area contributed by atoms with Crippen molar-refractivity contribution in [1.29, 1.82) is 0 Å². The molecule has 8 rings (SSSR count). The van der Waals surface area contributed by atoms with E-state index in [2.05, 4.69) is 0 Å². The van der Waals surface area contributed by atoms with Gasteiger partial charge in [0.15, 0.2) is 42.5 Å². The lowest BCUT2D eigenvalue weighted by atomic mass is 10.0. The highest BCUT2D eigenvalue weighted by Gasteiger charge is 2.39. The number of Topliss-reactive ketones (excluding diaryl/α,β-unsaturated/α-hetero) is 1. The summed E-state index contributed by atoms with van der Waals surface area (Å²) < 4.78 is 177. The van der Waals surface area contributed by atoms with Gasteiger partial charge in [-0.05, 0) is 78.6 Å². The van der Waals surface area contributed by atoms with Crippen LogP contribution in [0, 0.1) is 5.92 Å². The molecule has 7 aromatic rings. The largest absolute Gasteiger partial charge is 0.477 e. The summed E-state index contributed by atoms with van der Waals surface area (Å²) in [5.41, 5.74) is 2.79. The van der Waals surface area contributed by atoms with Crippen LogP contribution in [0.4, 0.5) is 0 Å². The van der Waals surface area contributed by atoms with Crippen LogP contribution in [-0.4, -0.2) is 135 Å². The molecule has 0 radical (unpaired) electrons. The number of carbonyl (C=O) groups excluding carboxylic acids is 1. The Kier molecular flexibility index (Phi) is 37.0. The maximum atomic E-state index is 11.7. The number of hydrogen-bond donors (Lipinski definition) is 6. The monoisotopic (exact) mass is 1480 g/mol. The molecule has 552 valence electrons. The number of aliphatic carboxylic acids is 1. The number of rotatable bonds is 19. The van der Waals surface area contributed by atoms with Crippen molar-refractivity contribution in [3.63, 3.8) is 0 Å². The number of carboxylic acid groups (broad SMARTS) is 1. The van der Waals surface area contributed by atoms with E-state index in [0.717, 1.165) is 11.1 Å². The smallest absolute Gasteiger partial charge is 0.360 e. The molecular weight excluding hydrogens is 1370 g/mol. The second kappa shape index (κ2) is 38.2. The maximum Gasteiger partial charge on any atom is 0.360 e. The Bertz CT molecular complexity index is 4360. The Hall–Kier alpha value is -7.44. The van der Waals surface area contributed by atoms with Crippen molar-refractivity contribution >= 4 is 68.7 Å². The lowest BCUT2D eigenvalue weighted by molar-refractivity contribution is -0.774. The lowest BCUT2D eigenvalue weighted by Crippen LogP contribution is -2.48. The van der Waals surface area contributed by atoms with Crippen LogP contribution in [-0.2, 0) is 94.9 Å². The minimum absolute atomic E-state index is 0. The van der Waals surface area contributed by atoms with E-state index in [4.69, 9.17) is 9.66 Å². The first-order chi connectivity index (χ1) is 42.1. The van der Waals surface area contributed by atoms with Crippen molar-refractivity contribution < 1.29 is 107 Å². The van der Waals surface area contributed by atoms with E-state index in [1.54, 1.807) is 134 Å². The Morgan fingerprint density at radius 2 is 0.908 bits per heavy atom. The van der Waals surface area contributed by atoms with Crippen molar-refractivity contribution in [2.75, 3.05) is 13.1 Å². The van der Waals surface area contributed by atoms with E-state index < -0.39 is 71.7 Å². The fourth-order valence-electron chi connectivity index (χ4n) is 9.39. The van der Waals surface area contributed by atoms with Gasteiger partial charge in [0, 0.05) is 18.4 Å². The van der Waals surface area contributed by atoms with E-state index >= 15 is 0 Å². The van der Waals surface area contributed by atoms with Crippen LogP contribution < -0.4 is 18.3 Å². The molecule has 0 spiro atoms. The third kappa shape index (κ3) is 27.3. The molecule has 2 atom stereocenters. The zero-order chi connectivity index (χ0) is 70.0. The average Bonchev–Trinajstić information content (AvgIpc) is 1.07. The summed E-state index contributed by atoms with van der Waals surface area (Å²) in [4.78, 5) is 20.7. The first kappa shape index (κ1) is 94.7. The van der Waals surface area contributed by atoms with Crippen LogP contribution in [0.15, 0.2) is 155 Å². The number of hydrogen-bond acceptors (Lipinski definition) is 12. The lowest BCUT2D eigenvalue weighted by Gasteiger charge is -2.20. The van der Waals surface area contributed by atoms with Crippen LogP contribution >= 0.6 is 0 Å². The molecule has 5 heterocycles. The normalized spacial score (nSPS) is 13.7. The molecule has 0 fully saturated rings. The summed E-state index contributed by atoms with van der Waals surface area (Å²) in [6, 6.07) is 13.0. The van der Waals surface area contributed by atoms with E-state index in [0.29, 0.717) is 23.4 Å². The highest BCUT2D eigenvalue weighted by molar-refractivity contribution is 7.87. The summed E-state index contributed by atoms with van der Waals surface area (Å²) in [7, 11) is -14.8. The van der Waals surface area contributed by atoms with Gasteiger partial charge in [0.25, 0.3) is 40.5 Å². The fraction of sp³-hybridized carbons (Fsp3) is 0.462. The zero-order valence-corrected chi connectivity index (χ0v) is 58.0. The molecule has 3 aromatic carbocycles. The predicted molar refractivity (Wildman–Crippen MR) is 377 cm³/mol. The highest BCUT2D eigenvalue weighted by Crippen LogP contribution is 2.33. The summed E-state index contributed by atoms with van der Waals surface area (Å²) >= 11 is 0. The number of carbonyl (C=O) groups is 2. The molecule has 0 bridgehead atoms. The molecular formula is C65H110N10O18S5+6. The zero-order valence-electron chi connectivity index (χ0n) is 54.0. The third-order valence-corrected chi connectivity index (χ3v) is 18.9. The van der Waals surface area contributed by atoms with E-state index in [-0.39, 0.29) is 113 Å². The van der Waals surface area contributed by atoms with Crippen molar-refractivity contribution in [1.82, 2.24) is 18.3 Å². The van der Waals surface area contributed by atoms with Gasteiger partial charge in [-0.15, -0.1) is 0 Å². The van der Waals surface area contributed by atoms with Crippen molar-refractivity contribution in [2.24, 2.45) is 34.1 Å². The quantitative estimate of drug-likeness (QED) is 0.0250. The maximum absolute atomic E-state index is 11.7. The van der Waals surface area contributed by atoms with Gasteiger partial charge in [0.2, 0.25) is 36.9 Å². The van der Waals surface area contributed by atoms with Gasteiger partial charge >= 0.3 is 22.4 Å². The molecule has 1 aliphatic rings. The van der Waals surface area contributed by atoms with Crippen molar-refractivity contribution in [2.45, 2.75) is 176 Å². The average molecular weight is 1480 g/mol. The third-order valence-electron chi connectivity index (χ3n) is 13.9. The molecule has 6 N–H and O–H groups in total. The van der Waals surface area contributed by atoms with Gasteiger partial charge in [-0.2, -0.15) is 55.7 Å². The minimum Gasteiger partial charge on any atom is -0.477 e. The number of imidazole rings is 4. The van der Waals surface area contributed by atoms with Gasteiger partial charge in [-0.1, -0.05) is 118 Å². The van der Waals surface area contributed by atoms with E-state index in [9.17, 15) is 69.9 Å². The SMILES string of the molecule is C.C.C.C.C.C.CC(=O)C[N+]1(CC(=O)O)C=C[N+](C(C)C)=C1.CC(C)C(n1cc[n+](C)c1)S(=O)(=O)O.CC(C)c1cc(S(=O)(=O)O)c(-n2cc[n+](C)c2)c(S(=O)(=O)O)c1.CC(C)c1ccc(-n2cc[n+](C)c2)c(S(=O)(=O)O)c1.CC(C)c1ccc(Cn2cc[n+](C)c2)c(S(=O)(=O)O)c1. The number of ketones is 1. The van der Waals surface area contributed by atoms with Crippen LogP contribution in [0.5, 0.6) is 0 Å². The van der Waals surface area contributed by atoms with Gasteiger partial charge in [-0.25, -0.2) is 36.8 Å². The highest BCUT2D eigenvalue weighted by atomic mass is 32.2. The Labute approximate surface area is 583 Å². The molecule has 1 aliphatic heterocycles. The van der Waals surface area contributed by atoms with Crippen LogP contribution in [0.3, 0.4) is 0 Å². The van der Waals surface area contributed by atoms with Crippen LogP contribution in [0.1, 0.15) is 166 Å². The number of benzene rings is 3. The molecule has 28 nitrogen and oxygen atoms in total. The molecule has 98 heavy (non-hydrogen) atoms. The summed E-state index contributed by atoms with van der Waals surface area (Å²) in [5, 5.41) is 7.96. The first-order valence-electron chi connectivity index (χ1n) is 28.5. The Morgan fingerprint density at radius 1 is 0.500 bits per heavy atom. The van der Waals surface area contributed by atoms with Crippen LogP contribution in [0.2, 0.25) is 0 Å². The predicted octanol–water partition coefficient (Wildman–Crippen LogP) is 8.90. The summed E-state index contributed by atoms with van der Waals surface area (Å²) in [6.07, 6.45) is 25.6. The van der Waals surface area contributed by atoms with Gasteiger partial charge in [0.1, 0.15) is 75.7 Å².